The highest BCUT2D eigenvalue weighted by Crippen LogP contribution is 2.32. The third-order valence-electron chi connectivity index (χ3n) is 3.01. The molecule has 6 heteroatoms. The lowest BCUT2D eigenvalue weighted by atomic mass is 9.97. The highest BCUT2D eigenvalue weighted by atomic mass is 127. The summed E-state index contributed by atoms with van der Waals surface area (Å²) < 4.78 is 42.0. The number of hydrogen-bond donors (Lipinski definition) is 1. The van der Waals surface area contributed by atoms with E-state index in [2.05, 4.69) is 27.9 Å². The van der Waals surface area contributed by atoms with Crippen LogP contribution in [0.1, 0.15) is 24.1 Å². The maximum Gasteiger partial charge on any atom is 0.134 e. The van der Waals surface area contributed by atoms with Gasteiger partial charge in [-0.05, 0) is 52.9 Å². The average Bonchev–Trinajstić information content (AvgIpc) is 2.39. The molecule has 0 fully saturated rings. The van der Waals surface area contributed by atoms with Crippen LogP contribution in [-0.4, -0.2) is 6.54 Å². The van der Waals surface area contributed by atoms with Crippen molar-refractivity contribution >= 4 is 34.2 Å². The van der Waals surface area contributed by atoms with E-state index in [0.717, 1.165) is 3.57 Å². The first-order valence-electron chi connectivity index (χ1n) is 6.26. The molecular weight excluding hydrogens is 414 g/mol. The smallest absolute Gasteiger partial charge is 0.134 e. The molecule has 1 atom stereocenters. The van der Waals surface area contributed by atoms with Crippen LogP contribution in [0.2, 0.25) is 5.02 Å². The Morgan fingerprint density at radius 1 is 1.14 bits per heavy atom. The Kier molecular flexibility index (Phi) is 5.51. The van der Waals surface area contributed by atoms with Crippen molar-refractivity contribution < 1.29 is 13.2 Å². The quantitative estimate of drug-likeness (QED) is 0.675. The average molecular weight is 426 g/mol. The molecule has 0 bridgehead atoms. The van der Waals surface area contributed by atoms with Crippen molar-refractivity contribution in [3.05, 3.63) is 67.5 Å². The summed E-state index contributed by atoms with van der Waals surface area (Å²) in [7, 11) is 0. The van der Waals surface area contributed by atoms with Gasteiger partial charge >= 0.3 is 0 Å². The van der Waals surface area contributed by atoms with Crippen molar-refractivity contribution in [2.75, 3.05) is 6.54 Å². The molecular formula is C15H12ClF3IN. The van der Waals surface area contributed by atoms with Crippen LogP contribution in [0.15, 0.2) is 30.3 Å². The first-order chi connectivity index (χ1) is 9.93. The van der Waals surface area contributed by atoms with Gasteiger partial charge < -0.3 is 5.32 Å². The Hall–Kier alpha value is -0.790. The number of rotatable bonds is 4. The summed E-state index contributed by atoms with van der Waals surface area (Å²) in [5, 5.41) is 3.49. The van der Waals surface area contributed by atoms with Crippen LogP contribution in [0.25, 0.3) is 0 Å². The largest absolute Gasteiger partial charge is 0.306 e. The van der Waals surface area contributed by atoms with Gasteiger partial charge in [-0.3, -0.25) is 0 Å². The molecule has 1 N–H and O–H groups in total. The van der Waals surface area contributed by atoms with Crippen LogP contribution in [0.4, 0.5) is 13.2 Å². The molecule has 0 heterocycles. The summed E-state index contributed by atoms with van der Waals surface area (Å²) in [4.78, 5) is 0. The zero-order valence-corrected chi connectivity index (χ0v) is 14.0. The van der Waals surface area contributed by atoms with Gasteiger partial charge in [0, 0.05) is 26.3 Å². The maximum atomic E-state index is 14.0. The Balaban J connectivity index is 2.61. The number of halogens is 5. The van der Waals surface area contributed by atoms with Gasteiger partial charge in [-0.2, -0.15) is 0 Å². The summed E-state index contributed by atoms with van der Waals surface area (Å²) in [6.45, 7) is 2.31. The second-order valence-electron chi connectivity index (χ2n) is 4.44. The van der Waals surface area contributed by atoms with E-state index in [1.807, 2.05) is 6.92 Å². The molecule has 2 rings (SSSR count). The SMILES string of the molecule is CCNC(c1cc(Cl)ccc1I)c1c(F)cc(F)cc1F. The first-order valence-corrected chi connectivity index (χ1v) is 7.72. The van der Waals surface area contributed by atoms with E-state index < -0.39 is 23.5 Å². The summed E-state index contributed by atoms with van der Waals surface area (Å²) in [6.07, 6.45) is 0. The topological polar surface area (TPSA) is 12.0 Å². The maximum absolute atomic E-state index is 14.0. The molecule has 1 nitrogen and oxygen atoms in total. The van der Waals surface area contributed by atoms with Gasteiger partial charge in [0.25, 0.3) is 0 Å². The van der Waals surface area contributed by atoms with Crippen molar-refractivity contribution in [1.82, 2.24) is 5.32 Å². The summed E-state index contributed by atoms with van der Waals surface area (Å²) in [5.74, 6) is -2.78. The van der Waals surface area contributed by atoms with E-state index in [-0.39, 0.29) is 5.56 Å². The van der Waals surface area contributed by atoms with Gasteiger partial charge in [0.1, 0.15) is 17.5 Å². The van der Waals surface area contributed by atoms with Crippen LogP contribution in [0.3, 0.4) is 0 Å². The molecule has 0 amide bonds. The predicted molar refractivity (Wildman–Crippen MR) is 86.0 cm³/mol. The fraction of sp³-hybridized carbons (Fsp3) is 0.200. The monoisotopic (exact) mass is 425 g/mol. The van der Waals surface area contributed by atoms with E-state index in [0.29, 0.717) is 29.3 Å². The molecule has 112 valence electrons. The number of benzene rings is 2. The fourth-order valence-electron chi connectivity index (χ4n) is 2.14. The third-order valence-corrected chi connectivity index (χ3v) is 4.23. The van der Waals surface area contributed by atoms with Crippen molar-refractivity contribution in [3.8, 4) is 0 Å². The number of hydrogen-bond acceptors (Lipinski definition) is 1. The Morgan fingerprint density at radius 3 is 2.33 bits per heavy atom. The molecule has 0 spiro atoms. The van der Waals surface area contributed by atoms with E-state index in [9.17, 15) is 13.2 Å². The fourth-order valence-corrected chi connectivity index (χ4v) is 2.96. The second-order valence-corrected chi connectivity index (χ2v) is 6.04. The molecule has 0 aromatic heterocycles. The molecule has 0 radical (unpaired) electrons. The minimum atomic E-state index is -0.940. The van der Waals surface area contributed by atoms with Crippen molar-refractivity contribution in [3.63, 3.8) is 0 Å². The first kappa shape index (κ1) is 16.6. The zero-order chi connectivity index (χ0) is 15.6. The summed E-state index contributed by atoms with van der Waals surface area (Å²) in [5.41, 5.74) is 0.438. The molecule has 2 aromatic carbocycles. The van der Waals surface area contributed by atoms with Gasteiger partial charge in [-0.1, -0.05) is 18.5 Å². The van der Waals surface area contributed by atoms with Crippen molar-refractivity contribution in [2.24, 2.45) is 0 Å². The lowest BCUT2D eigenvalue weighted by Gasteiger charge is -2.21. The molecule has 0 aliphatic rings. The predicted octanol–water partition coefficient (Wildman–Crippen LogP) is 5.06. The normalized spacial score (nSPS) is 12.5. The Bertz CT molecular complexity index is 640. The van der Waals surface area contributed by atoms with Gasteiger partial charge in [0.2, 0.25) is 0 Å². The summed E-state index contributed by atoms with van der Waals surface area (Å²) in [6, 6.07) is 5.75. The molecule has 21 heavy (non-hydrogen) atoms. The van der Waals surface area contributed by atoms with Crippen molar-refractivity contribution in [2.45, 2.75) is 13.0 Å². The number of nitrogens with one attached hydrogen (secondary N) is 1. The minimum absolute atomic E-state index is 0.210. The van der Waals surface area contributed by atoms with Crippen LogP contribution < -0.4 is 5.32 Å². The van der Waals surface area contributed by atoms with Crippen LogP contribution >= 0.6 is 34.2 Å². The van der Waals surface area contributed by atoms with E-state index >= 15 is 0 Å². The van der Waals surface area contributed by atoms with Crippen LogP contribution in [-0.2, 0) is 0 Å². The van der Waals surface area contributed by atoms with Crippen molar-refractivity contribution in [1.29, 1.82) is 0 Å². The lowest BCUT2D eigenvalue weighted by molar-refractivity contribution is 0.491. The standard InChI is InChI=1S/C15H12ClF3IN/c1-2-21-15(10-5-8(16)3-4-13(10)20)14-11(18)6-9(17)7-12(14)19/h3-7,15,21H,2H2,1H3. The third kappa shape index (κ3) is 3.70. The molecule has 0 saturated carbocycles. The molecule has 2 aromatic rings. The molecule has 1 unspecified atom stereocenters. The molecule has 0 aliphatic carbocycles. The molecule has 0 aliphatic heterocycles. The van der Waals surface area contributed by atoms with Gasteiger partial charge in [0.05, 0.1) is 6.04 Å². The molecule has 0 saturated heterocycles. The Morgan fingerprint density at radius 2 is 1.76 bits per heavy atom. The van der Waals surface area contributed by atoms with Gasteiger partial charge in [0.15, 0.2) is 0 Å². The zero-order valence-electron chi connectivity index (χ0n) is 11.1. The minimum Gasteiger partial charge on any atom is -0.306 e. The van der Waals surface area contributed by atoms with Gasteiger partial charge in [-0.25, -0.2) is 13.2 Å². The second kappa shape index (κ2) is 6.98. The van der Waals surface area contributed by atoms with E-state index in [4.69, 9.17) is 11.6 Å². The van der Waals surface area contributed by atoms with E-state index in [1.165, 1.54) is 0 Å². The van der Waals surface area contributed by atoms with Crippen LogP contribution in [0.5, 0.6) is 0 Å². The highest BCUT2D eigenvalue weighted by molar-refractivity contribution is 14.1. The van der Waals surface area contributed by atoms with Gasteiger partial charge in [-0.15, -0.1) is 0 Å². The van der Waals surface area contributed by atoms with Crippen LogP contribution in [0, 0.1) is 21.0 Å². The Labute approximate surface area is 139 Å². The van der Waals surface area contributed by atoms with E-state index in [1.54, 1.807) is 18.2 Å². The highest BCUT2D eigenvalue weighted by Gasteiger charge is 2.24. The lowest BCUT2D eigenvalue weighted by Crippen LogP contribution is -2.25. The summed E-state index contributed by atoms with van der Waals surface area (Å²) >= 11 is 8.05.